The molecule has 0 saturated carbocycles. The molecule has 0 N–H and O–H groups in total. The van der Waals surface area contributed by atoms with Gasteiger partial charge in [-0.25, -0.2) is 8.42 Å². The van der Waals surface area contributed by atoms with Crippen LogP contribution >= 0.6 is 23.4 Å². The van der Waals surface area contributed by atoms with E-state index in [1.807, 2.05) is 24.3 Å². The van der Waals surface area contributed by atoms with Crippen molar-refractivity contribution in [2.75, 3.05) is 32.1 Å². The molecule has 0 amide bonds. The summed E-state index contributed by atoms with van der Waals surface area (Å²) in [6, 6.07) is 12.7. The number of halogens is 1. The van der Waals surface area contributed by atoms with Gasteiger partial charge in [0.25, 0.3) is 0 Å². The van der Waals surface area contributed by atoms with Gasteiger partial charge in [0.1, 0.15) is 0 Å². The molecule has 1 saturated heterocycles. The maximum Gasteiger partial charge on any atom is 0.243 e. The highest BCUT2D eigenvalue weighted by molar-refractivity contribution is 7.99. The Balaban J connectivity index is 1.54. The van der Waals surface area contributed by atoms with Gasteiger partial charge in [0.15, 0.2) is 11.5 Å². The van der Waals surface area contributed by atoms with E-state index >= 15 is 0 Å². The molecule has 2 heterocycles. The summed E-state index contributed by atoms with van der Waals surface area (Å²) in [6.07, 6.45) is 1.50. The van der Waals surface area contributed by atoms with Crippen molar-refractivity contribution in [1.82, 2.24) is 4.31 Å². The van der Waals surface area contributed by atoms with Crippen molar-refractivity contribution in [3.05, 3.63) is 53.1 Å². The third kappa shape index (κ3) is 4.13. The Bertz CT molecular complexity index is 951. The monoisotopic (exact) mass is 439 g/mol. The van der Waals surface area contributed by atoms with E-state index in [2.05, 4.69) is 0 Å². The Kier molecular flexibility index (Phi) is 6.06. The average Bonchev–Trinajstić information content (AvgIpc) is 3.09. The minimum Gasteiger partial charge on any atom is -0.490 e. The normalized spacial score (nSPS) is 21.0. The Hall–Kier alpha value is -1.41. The van der Waals surface area contributed by atoms with Crippen molar-refractivity contribution in [1.29, 1.82) is 0 Å². The fraction of sp³-hybridized carbons (Fsp3) is 0.400. The van der Waals surface area contributed by atoms with E-state index in [0.29, 0.717) is 37.8 Å². The molecule has 1 fully saturated rings. The van der Waals surface area contributed by atoms with Crippen molar-refractivity contribution >= 4 is 33.4 Å². The third-order valence-electron chi connectivity index (χ3n) is 4.91. The van der Waals surface area contributed by atoms with Gasteiger partial charge in [-0.2, -0.15) is 16.1 Å². The number of rotatable bonds is 3. The van der Waals surface area contributed by atoms with Crippen LogP contribution in [0.5, 0.6) is 11.5 Å². The number of thioether (sulfide) groups is 1. The first kappa shape index (κ1) is 19.9. The van der Waals surface area contributed by atoms with E-state index in [9.17, 15) is 8.42 Å². The molecule has 5 nitrogen and oxygen atoms in total. The number of ether oxygens (including phenoxy) is 2. The van der Waals surface area contributed by atoms with Crippen LogP contribution in [0.1, 0.15) is 23.7 Å². The van der Waals surface area contributed by atoms with Crippen LogP contribution in [0, 0.1) is 0 Å². The summed E-state index contributed by atoms with van der Waals surface area (Å²) in [4.78, 5) is 0.248. The summed E-state index contributed by atoms with van der Waals surface area (Å²) in [5, 5.41) is 0.928. The van der Waals surface area contributed by atoms with Crippen LogP contribution < -0.4 is 9.47 Å². The van der Waals surface area contributed by atoms with Crippen molar-refractivity contribution in [3.63, 3.8) is 0 Å². The van der Waals surface area contributed by atoms with Crippen LogP contribution in [0.2, 0.25) is 5.02 Å². The van der Waals surface area contributed by atoms with Gasteiger partial charge in [-0.1, -0.05) is 29.8 Å². The lowest BCUT2D eigenvalue weighted by Gasteiger charge is -2.21. The Morgan fingerprint density at radius 1 is 1.04 bits per heavy atom. The lowest BCUT2D eigenvalue weighted by molar-refractivity contribution is 0.296. The quantitative estimate of drug-likeness (QED) is 0.710. The minimum absolute atomic E-state index is 0.192. The van der Waals surface area contributed by atoms with Gasteiger partial charge in [-0.15, -0.1) is 0 Å². The van der Waals surface area contributed by atoms with Crippen LogP contribution in [0.25, 0.3) is 0 Å². The lowest BCUT2D eigenvalue weighted by Crippen LogP contribution is -2.33. The van der Waals surface area contributed by atoms with Gasteiger partial charge in [-0.05, 0) is 30.2 Å². The zero-order valence-corrected chi connectivity index (χ0v) is 17.7. The standard InChI is InChI=1S/C20H22ClNO4S2/c21-17-5-2-1-4-16(17)20-8-9-22(10-13-27-20)28(23,24)15-6-7-18-19(14-15)26-12-3-11-25-18/h1-2,4-7,14,20H,3,8-13H2. The predicted molar refractivity (Wildman–Crippen MR) is 112 cm³/mol. The van der Waals surface area contributed by atoms with Crippen LogP contribution in [0.15, 0.2) is 47.4 Å². The van der Waals surface area contributed by atoms with Crippen LogP contribution in [-0.2, 0) is 10.0 Å². The number of benzene rings is 2. The molecular formula is C20H22ClNO4S2. The molecule has 0 bridgehead atoms. The maximum absolute atomic E-state index is 13.2. The molecule has 2 aromatic carbocycles. The largest absolute Gasteiger partial charge is 0.490 e. The molecule has 2 aliphatic heterocycles. The summed E-state index contributed by atoms with van der Waals surface area (Å²) in [5.74, 6) is 1.82. The lowest BCUT2D eigenvalue weighted by atomic mass is 10.1. The third-order valence-corrected chi connectivity index (χ3v) is 8.46. The molecule has 4 rings (SSSR count). The number of hydrogen-bond donors (Lipinski definition) is 0. The topological polar surface area (TPSA) is 55.8 Å². The van der Waals surface area contributed by atoms with E-state index in [1.54, 1.807) is 34.3 Å². The molecule has 0 aromatic heterocycles. The van der Waals surface area contributed by atoms with Crippen molar-refractivity contribution in [3.8, 4) is 11.5 Å². The molecule has 0 radical (unpaired) electrons. The molecule has 2 aliphatic rings. The number of nitrogens with zero attached hydrogens (tertiary/aromatic N) is 1. The first-order valence-electron chi connectivity index (χ1n) is 9.31. The van der Waals surface area contributed by atoms with Crippen molar-refractivity contribution < 1.29 is 17.9 Å². The van der Waals surface area contributed by atoms with E-state index in [0.717, 1.165) is 29.2 Å². The summed E-state index contributed by atoms with van der Waals surface area (Å²) in [5.41, 5.74) is 1.07. The highest BCUT2D eigenvalue weighted by Crippen LogP contribution is 2.39. The molecule has 0 aliphatic carbocycles. The molecule has 0 spiro atoms. The molecule has 8 heteroatoms. The second kappa shape index (κ2) is 8.53. The number of fused-ring (bicyclic) bond motifs is 1. The van der Waals surface area contributed by atoms with Gasteiger partial charge in [0.05, 0.1) is 18.1 Å². The van der Waals surface area contributed by atoms with E-state index in [1.165, 1.54) is 0 Å². The smallest absolute Gasteiger partial charge is 0.243 e. The molecule has 2 aromatic rings. The summed E-state index contributed by atoms with van der Waals surface area (Å²) < 4.78 is 39.3. The first-order chi connectivity index (χ1) is 13.6. The maximum atomic E-state index is 13.2. The Labute approximate surface area is 175 Å². The second-order valence-electron chi connectivity index (χ2n) is 6.73. The van der Waals surface area contributed by atoms with Gasteiger partial charge in [-0.3, -0.25) is 0 Å². The van der Waals surface area contributed by atoms with Gasteiger partial charge in [0.2, 0.25) is 10.0 Å². The van der Waals surface area contributed by atoms with Crippen molar-refractivity contribution in [2.24, 2.45) is 0 Å². The van der Waals surface area contributed by atoms with Gasteiger partial charge < -0.3 is 9.47 Å². The minimum atomic E-state index is -3.60. The summed E-state index contributed by atoms with van der Waals surface area (Å²) >= 11 is 8.10. The summed E-state index contributed by atoms with van der Waals surface area (Å²) in [6.45, 7) is 2.03. The molecular weight excluding hydrogens is 418 g/mol. The van der Waals surface area contributed by atoms with E-state index in [4.69, 9.17) is 21.1 Å². The first-order valence-corrected chi connectivity index (χ1v) is 12.2. The molecule has 1 unspecified atom stereocenters. The van der Waals surface area contributed by atoms with Gasteiger partial charge in [0, 0.05) is 41.6 Å². The van der Waals surface area contributed by atoms with Crippen LogP contribution in [0.4, 0.5) is 0 Å². The summed E-state index contributed by atoms with van der Waals surface area (Å²) in [7, 11) is -3.60. The molecule has 150 valence electrons. The fourth-order valence-electron chi connectivity index (χ4n) is 3.43. The highest BCUT2D eigenvalue weighted by atomic mass is 35.5. The zero-order valence-electron chi connectivity index (χ0n) is 15.3. The Morgan fingerprint density at radius 2 is 1.82 bits per heavy atom. The zero-order chi connectivity index (χ0) is 19.6. The number of sulfonamides is 1. The second-order valence-corrected chi connectivity index (χ2v) is 10.4. The SMILES string of the molecule is O=S(=O)(c1ccc2c(c1)OCCCO2)N1CCSC(c2ccccc2Cl)CC1. The molecule has 28 heavy (non-hydrogen) atoms. The van der Waals surface area contributed by atoms with E-state index in [-0.39, 0.29) is 10.1 Å². The molecule has 1 atom stereocenters. The van der Waals surface area contributed by atoms with E-state index < -0.39 is 10.0 Å². The van der Waals surface area contributed by atoms with Gasteiger partial charge >= 0.3 is 0 Å². The average molecular weight is 440 g/mol. The highest BCUT2D eigenvalue weighted by Gasteiger charge is 2.30. The number of hydrogen-bond acceptors (Lipinski definition) is 5. The van der Waals surface area contributed by atoms with Crippen molar-refractivity contribution in [2.45, 2.75) is 23.0 Å². The van der Waals surface area contributed by atoms with Crippen LogP contribution in [-0.4, -0.2) is 44.8 Å². The van der Waals surface area contributed by atoms with Crippen LogP contribution in [0.3, 0.4) is 0 Å². The fourth-order valence-corrected chi connectivity index (χ4v) is 6.61. The predicted octanol–water partition coefficient (Wildman–Crippen LogP) is 4.37. The Morgan fingerprint density at radius 3 is 2.64 bits per heavy atom.